The zero-order valence-electron chi connectivity index (χ0n) is 21.2. The van der Waals surface area contributed by atoms with Crippen LogP contribution in [0, 0.1) is 5.82 Å². The molecule has 1 aliphatic heterocycles. The van der Waals surface area contributed by atoms with Gasteiger partial charge in [-0.1, -0.05) is 72.0 Å². The summed E-state index contributed by atoms with van der Waals surface area (Å²) in [5.74, 6) is -1.45. The Kier molecular flexibility index (Phi) is 8.49. The fraction of sp³-hybridized carbons (Fsp3) is 0.172. The van der Waals surface area contributed by atoms with Crippen molar-refractivity contribution in [2.75, 3.05) is 11.5 Å². The predicted molar refractivity (Wildman–Crippen MR) is 154 cm³/mol. The van der Waals surface area contributed by atoms with E-state index in [0.29, 0.717) is 33.0 Å². The Morgan fingerprint density at radius 3 is 2.50 bits per heavy atom. The van der Waals surface area contributed by atoms with Gasteiger partial charge in [-0.3, -0.25) is 14.5 Å². The van der Waals surface area contributed by atoms with E-state index >= 15 is 0 Å². The molecule has 5 rings (SSSR count). The number of aliphatic hydroxyl groups is 1. The Morgan fingerprint density at radius 2 is 1.80 bits per heavy atom. The minimum atomic E-state index is -0.986. The highest BCUT2D eigenvalue weighted by Gasteiger charge is 2.48. The van der Waals surface area contributed by atoms with Crippen molar-refractivity contribution < 1.29 is 23.8 Å². The van der Waals surface area contributed by atoms with Crippen molar-refractivity contribution in [3.8, 4) is 5.75 Å². The summed E-state index contributed by atoms with van der Waals surface area (Å²) >= 11 is 8.83. The van der Waals surface area contributed by atoms with Gasteiger partial charge in [0.05, 0.1) is 18.2 Å². The number of ether oxygens (including phenoxy) is 1. The molecule has 11 heteroatoms. The van der Waals surface area contributed by atoms with Crippen LogP contribution < -0.4 is 9.64 Å². The molecule has 7 nitrogen and oxygen atoms in total. The molecule has 40 heavy (non-hydrogen) atoms. The van der Waals surface area contributed by atoms with Gasteiger partial charge in [-0.25, -0.2) is 4.39 Å². The number of hydrogen-bond acceptors (Lipinski definition) is 8. The highest BCUT2D eigenvalue weighted by Crippen LogP contribution is 2.44. The second-order valence-electron chi connectivity index (χ2n) is 8.82. The van der Waals surface area contributed by atoms with E-state index < -0.39 is 29.3 Å². The van der Waals surface area contributed by atoms with Crippen molar-refractivity contribution in [2.24, 2.45) is 0 Å². The zero-order valence-corrected chi connectivity index (χ0v) is 23.6. The van der Waals surface area contributed by atoms with Crippen LogP contribution >= 0.6 is 34.7 Å². The zero-order chi connectivity index (χ0) is 28.2. The molecule has 1 amide bonds. The van der Waals surface area contributed by atoms with Crippen LogP contribution in [0.5, 0.6) is 5.75 Å². The average molecular weight is 596 g/mol. The minimum Gasteiger partial charge on any atom is -0.507 e. The first kappa shape index (κ1) is 27.8. The number of aromatic nitrogens is 2. The maximum atomic E-state index is 13.6. The van der Waals surface area contributed by atoms with Crippen LogP contribution in [-0.4, -0.2) is 33.6 Å². The lowest BCUT2D eigenvalue weighted by Crippen LogP contribution is -2.29. The summed E-state index contributed by atoms with van der Waals surface area (Å²) in [6.45, 7) is 2.54. The number of Topliss-reactive ketones (excluding diaryl/α,β-unsaturated/α-hetero) is 1. The smallest absolute Gasteiger partial charge is 0.301 e. The average Bonchev–Trinajstić information content (AvgIpc) is 3.53. The summed E-state index contributed by atoms with van der Waals surface area (Å²) in [4.78, 5) is 28.0. The van der Waals surface area contributed by atoms with Crippen molar-refractivity contribution >= 4 is 57.3 Å². The van der Waals surface area contributed by atoms with Crippen LogP contribution in [-0.2, 0) is 15.3 Å². The minimum absolute atomic E-state index is 0.126. The molecule has 0 saturated carbocycles. The molecular formula is C29H23ClFN3O4S2. The lowest BCUT2D eigenvalue weighted by molar-refractivity contribution is -0.132. The third-order valence-corrected chi connectivity index (χ3v) is 8.62. The monoisotopic (exact) mass is 595 g/mol. The van der Waals surface area contributed by atoms with Gasteiger partial charge in [0, 0.05) is 16.3 Å². The number of benzene rings is 3. The Morgan fingerprint density at radius 1 is 1.07 bits per heavy atom. The maximum Gasteiger partial charge on any atom is 0.301 e. The van der Waals surface area contributed by atoms with E-state index in [-0.39, 0.29) is 16.3 Å². The molecule has 3 aromatic carbocycles. The van der Waals surface area contributed by atoms with Crippen molar-refractivity contribution in [3.63, 3.8) is 0 Å². The molecule has 1 saturated heterocycles. The Labute approximate surface area is 243 Å². The molecule has 204 valence electrons. The highest BCUT2D eigenvalue weighted by molar-refractivity contribution is 8.00. The predicted octanol–water partition coefficient (Wildman–Crippen LogP) is 7.04. The molecule has 1 atom stereocenters. The number of amides is 1. The summed E-state index contributed by atoms with van der Waals surface area (Å²) in [5.41, 5.74) is 1.57. The summed E-state index contributed by atoms with van der Waals surface area (Å²) in [6.07, 6.45) is 0.841. The van der Waals surface area contributed by atoms with E-state index in [1.807, 2.05) is 31.2 Å². The topological polar surface area (TPSA) is 92.6 Å². The molecule has 1 unspecified atom stereocenters. The van der Waals surface area contributed by atoms with Crippen LogP contribution in [0.25, 0.3) is 5.76 Å². The SMILES string of the molecule is CCCOc1ccc(C2/C(=C(/O)c3ccc(F)cc3)C(=O)C(=O)N2c2nnc(SCc3ccccc3Cl)s2)cc1. The number of halogens is 2. The van der Waals surface area contributed by atoms with Crippen molar-refractivity contribution in [1.82, 2.24) is 10.2 Å². The quantitative estimate of drug-likeness (QED) is 0.0729. The molecule has 1 fully saturated rings. The number of hydrogen-bond donors (Lipinski definition) is 1. The number of nitrogens with zero attached hydrogens (tertiary/aromatic N) is 3. The van der Waals surface area contributed by atoms with E-state index in [2.05, 4.69) is 10.2 Å². The van der Waals surface area contributed by atoms with Crippen molar-refractivity contribution in [1.29, 1.82) is 0 Å². The fourth-order valence-electron chi connectivity index (χ4n) is 4.19. The van der Waals surface area contributed by atoms with Crippen molar-refractivity contribution in [3.05, 3.63) is 106 Å². The van der Waals surface area contributed by atoms with E-state index in [0.717, 1.165) is 23.3 Å². The second-order valence-corrected chi connectivity index (χ2v) is 11.4. The summed E-state index contributed by atoms with van der Waals surface area (Å²) in [7, 11) is 0. The van der Waals surface area contributed by atoms with Crippen molar-refractivity contribution in [2.45, 2.75) is 29.5 Å². The second kappa shape index (κ2) is 12.2. The van der Waals surface area contributed by atoms with Crippen LogP contribution in [0.1, 0.15) is 36.1 Å². The van der Waals surface area contributed by atoms with Gasteiger partial charge in [0.15, 0.2) is 4.34 Å². The van der Waals surface area contributed by atoms with Gasteiger partial charge < -0.3 is 9.84 Å². The van der Waals surface area contributed by atoms with E-state index in [4.69, 9.17) is 16.3 Å². The number of anilines is 1. The van der Waals surface area contributed by atoms with E-state index in [1.54, 1.807) is 24.3 Å². The maximum absolute atomic E-state index is 13.6. The number of ketones is 1. The Hall–Kier alpha value is -3.73. The molecular weight excluding hydrogens is 573 g/mol. The normalized spacial score (nSPS) is 16.5. The third-order valence-electron chi connectivity index (χ3n) is 6.14. The number of rotatable bonds is 9. The molecule has 0 spiro atoms. The largest absolute Gasteiger partial charge is 0.507 e. The number of aliphatic hydroxyl groups excluding tert-OH is 1. The first-order chi connectivity index (χ1) is 19.4. The van der Waals surface area contributed by atoms with Crippen LogP contribution in [0.4, 0.5) is 9.52 Å². The molecule has 0 bridgehead atoms. The third kappa shape index (κ3) is 5.74. The summed E-state index contributed by atoms with van der Waals surface area (Å²) in [5, 5.41) is 20.5. The molecule has 4 aromatic rings. The van der Waals surface area contributed by atoms with Crippen LogP contribution in [0.3, 0.4) is 0 Å². The molecule has 0 aliphatic carbocycles. The van der Waals surface area contributed by atoms with Crippen LogP contribution in [0.2, 0.25) is 5.02 Å². The standard InChI is InChI=1S/C29H23ClFN3O4S2/c1-2-15-38-21-13-9-17(10-14-21)24-23(25(35)18-7-11-20(31)12-8-18)26(36)27(37)34(24)28-32-33-29(40-28)39-16-19-5-3-4-6-22(19)30/h3-14,24,35H,2,15-16H2,1H3/b25-23-. The molecule has 0 radical (unpaired) electrons. The van der Waals surface area contributed by atoms with Crippen LogP contribution in [0.15, 0.2) is 82.7 Å². The van der Waals surface area contributed by atoms with Gasteiger partial charge in [0.2, 0.25) is 5.13 Å². The number of thioether (sulfide) groups is 1. The van der Waals surface area contributed by atoms with E-state index in [1.165, 1.54) is 40.9 Å². The van der Waals surface area contributed by atoms with E-state index in [9.17, 15) is 19.1 Å². The molecule has 1 aromatic heterocycles. The van der Waals surface area contributed by atoms with Gasteiger partial charge in [-0.15, -0.1) is 10.2 Å². The Bertz CT molecular complexity index is 1570. The molecule has 1 N–H and O–H groups in total. The lowest BCUT2D eigenvalue weighted by Gasteiger charge is -2.22. The number of carbonyl (C=O) groups excluding carboxylic acids is 2. The van der Waals surface area contributed by atoms with Gasteiger partial charge in [-0.05, 0) is 60.0 Å². The Balaban J connectivity index is 1.53. The molecule has 2 heterocycles. The van der Waals surface area contributed by atoms with Gasteiger partial charge in [-0.2, -0.15) is 0 Å². The van der Waals surface area contributed by atoms with Gasteiger partial charge in [0.25, 0.3) is 5.78 Å². The molecule has 1 aliphatic rings. The summed E-state index contributed by atoms with van der Waals surface area (Å²) in [6, 6.07) is 18.5. The first-order valence-electron chi connectivity index (χ1n) is 12.4. The summed E-state index contributed by atoms with van der Waals surface area (Å²) < 4.78 is 19.8. The lowest BCUT2D eigenvalue weighted by atomic mass is 9.95. The van der Waals surface area contributed by atoms with Gasteiger partial charge in [0.1, 0.15) is 17.3 Å². The fourth-order valence-corrected chi connectivity index (χ4v) is 6.34. The first-order valence-corrected chi connectivity index (χ1v) is 14.5. The van der Waals surface area contributed by atoms with Gasteiger partial charge >= 0.3 is 5.91 Å². The highest BCUT2D eigenvalue weighted by atomic mass is 35.5. The number of carbonyl (C=O) groups is 2.